The lowest BCUT2D eigenvalue weighted by Gasteiger charge is -2.18. The number of hydrogen-bond acceptors (Lipinski definition) is 2. The van der Waals surface area contributed by atoms with Gasteiger partial charge >= 0.3 is 0 Å². The van der Waals surface area contributed by atoms with Crippen LogP contribution in [-0.4, -0.2) is 12.1 Å². The van der Waals surface area contributed by atoms with Gasteiger partial charge in [0.05, 0.1) is 12.9 Å². The zero-order valence-electron chi connectivity index (χ0n) is 8.39. The molecule has 0 aliphatic heterocycles. The Labute approximate surface area is 82.4 Å². The van der Waals surface area contributed by atoms with Crippen molar-refractivity contribution in [1.29, 1.82) is 0 Å². The molecule has 3 nitrogen and oxygen atoms in total. The van der Waals surface area contributed by atoms with Crippen molar-refractivity contribution in [2.75, 3.05) is 7.11 Å². The van der Waals surface area contributed by atoms with Gasteiger partial charge in [-0.1, -0.05) is 0 Å². The molecule has 0 spiro atoms. The van der Waals surface area contributed by atoms with E-state index in [1.165, 1.54) is 0 Å². The molecule has 0 unspecified atom stereocenters. The number of aromatic nitrogens is 1. The molecule has 3 heteroatoms. The van der Waals surface area contributed by atoms with Crippen LogP contribution in [0.3, 0.4) is 0 Å². The Morgan fingerprint density at radius 1 is 1.43 bits per heavy atom. The highest BCUT2D eigenvalue weighted by molar-refractivity contribution is 5.36. The van der Waals surface area contributed by atoms with Crippen LogP contribution in [0.1, 0.15) is 18.1 Å². The van der Waals surface area contributed by atoms with Crippen molar-refractivity contribution in [2.24, 2.45) is 0 Å². The maximum absolute atomic E-state index is 11.5. The summed E-state index contributed by atoms with van der Waals surface area (Å²) in [4.78, 5) is 14.2. The van der Waals surface area contributed by atoms with Gasteiger partial charge < -0.3 is 9.72 Å². The molecule has 0 atom stereocenters. The third kappa shape index (κ3) is 1.35. The molecular weight excluding hydrogens is 178 g/mol. The van der Waals surface area contributed by atoms with Gasteiger partial charge in [0.15, 0.2) is 0 Å². The summed E-state index contributed by atoms with van der Waals surface area (Å²) < 4.78 is 5.27. The third-order valence-electron chi connectivity index (χ3n) is 2.68. The van der Waals surface area contributed by atoms with Gasteiger partial charge in [-0.05, 0) is 24.1 Å². The number of nitrogens with one attached hydrogen (secondary N) is 1. The summed E-state index contributed by atoms with van der Waals surface area (Å²) in [5.74, 6) is 0.989. The van der Waals surface area contributed by atoms with Gasteiger partial charge in [0.1, 0.15) is 0 Å². The lowest BCUT2D eigenvalue weighted by Crippen LogP contribution is -2.20. The predicted molar refractivity (Wildman–Crippen MR) is 54.2 cm³/mol. The zero-order valence-corrected chi connectivity index (χ0v) is 8.39. The monoisotopic (exact) mass is 191 g/mol. The van der Waals surface area contributed by atoms with Crippen LogP contribution >= 0.6 is 0 Å². The highest BCUT2D eigenvalue weighted by atomic mass is 16.5. The van der Waals surface area contributed by atoms with Crippen LogP contribution in [0.15, 0.2) is 28.4 Å². The Morgan fingerprint density at radius 3 is 2.93 bits per heavy atom. The van der Waals surface area contributed by atoms with Crippen molar-refractivity contribution in [1.82, 2.24) is 4.98 Å². The Morgan fingerprint density at radius 2 is 2.21 bits per heavy atom. The largest absolute Gasteiger partial charge is 0.501 e. The number of ether oxygens (including phenoxy) is 1. The summed E-state index contributed by atoms with van der Waals surface area (Å²) in [5.41, 5.74) is 3.13. The molecule has 1 heterocycles. The maximum atomic E-state index is 11.5. The van der Waals surface area contributed by atoms with Gasteiger partial charge in [-0.2, -0.15) is 0 Å². The molecule has 0 saturated carbocycles. The zero-order chi connectivity index (χ0) is 10.1. The van der Waals surface area contributed by atoms with E-state index in [-0.39, 0.29) is 5.56 Å². The Balaban J connectivity index is 2.49. The molecule has 0 aromatic carbocycles. The summed E-state index contributed by atoms with van der Waals surface area (Å²) in [5, 5.41) is 0. The molecule has 0 saturated heterocycles. The van der Waals surface area contributed by atoms with Crippen molar-refractivity contribution in [3.8, 4) is 0 Å². The smallest absolute Gasteiger partial charge is 0.251 e. The molecule has 0 fully saturated rings. The SMILES string of the molecule is COC1=C(C)Cc2c(cc[nH]c2=O)C1. The molecule has 2 rings (SSSR count). The standard InChI is InChI=1S/C11H13NO2/c1-7-5-9-8(6-10(7)14-2)3-4-12-11(9)13/h3-4H,5-6H2,1-2H3,(H,12,13). The number of H-pyrrole nitrogens is 1. The average molecular weight is 191 g/mol. The van der Waals surface area contributed by atoms with Gasteiger partial charge in [0.2, 0.25) is 0 Å². The fourth-order valence-electron chi connectivity index (χ4n) is 1.84. The first-order chi connectivity index (χ1) is 6.72. The van der Waals surface area contributed by atoms with Gasteiger partial charge in [-0.15, -0.1) is 0 Å². The minimum Gasteiger partial charge on any atom is -0.501 e. The summed E-state index contributed by atoms with van der Waals surface area (Å²) >= 11 is 0. The topological polar surface area (TPSA) is 42.1 Å². The summed E-state index contributed by atoms with van der Waals surface area (Å²) in [6.45, 7) is 2.01. The molecule has 1 aromatic rings. The van der Waals surface area contributed by atoms with Crippen LogP contribution in [0, 0.1) is 0 Å². The highest BCUT2D eigenvalue weighted by Crippen LogP contribution is 2.23. The van der Waals surface area contributed by atoms with Crippen LogP contribution < -0.4 is 5.56 Å². The molecule has 0 amide bonds. The van der Waals surface area contributed by atoms with E-state index in [2.05, 4.69) is 4.98 Å². The van der Waals surface area contributed by atoms with Gasteiger partial charge in [0.25, 0.3) is 5.56 Å². The Bertz CT molecular complexity index is 443. The molecule has 1 N–H and O–H groups in total. The minimum absolute atomic E-state index is 0.0250. The van der Waals surface area contributed by atoms with E-state index in [9.17, 15) is 4.79 Å². The van der Waals surface area contributed by atoms with Crippen molar-refractivity contribution in [3.63, 3.8) is 0 Å². The van der Waals surface area contributed by atoms with E-state index in [1.807, 2.05) is 13.0 Å². The lowest BCUT2D eigenvalue weighted by molar-refractivity contribution is 0.275. The minimum atomic E-state index is 0.0250. The second-order valence-electron chi connectivity index (χ2n) is 3.57. The van der Waals surface area contributed by atoms with Crippen molar-refractivity contribution < 1.29 is 4.74 Å². The van der Waals surface area contributed by atoms with E-state index >= 15 is 0 Å². The third-order valence-corrected chi connectivity index (χ3v) is 2.68. The van der Waals surface area contributed by atoms with Crippen molar-refractivity contribution in [2.45, 2.75) is 19.8 Å². The van der Waals surface area contributed by atoms with E-state index < -0.39 is 0 Å². The number of rotatable bonds is 1. The quantitative estimate of drug-likeness (QED) is 0.729. The van der Waals surface area contributed by atoms with E-state index in [0.29, 0.717) is 6.42 Å². The number of methoxy groups -OCH3 is 1. The molecule has 14 heavy (non-hydrogen) atoms. The lowest BCUT2D eigenvalue weighted by atomic mass is 9.92. The first-order valence-electron chi connectivity index (χ1n) is 4.64. The fourth-order valence-corrected chi connectivity index (χ4v) is 1.84. The van der Waals surface area contributed by atoms with E-state index in [1.54, 1.807) is 13.3 Å². The van der Waals surface area contributed by atoms with Crippen LogP contribution in [-0.2, 0) is 17.6 Å². The number of allylic oxidation sites excluding steroid dienone is 2. The highest BCUT2D eigenvalue weighted by Gasteiger charge is 2.17. The van der Waals surface area contributed by atoms with E-state index in [0.717, 1.165) is 28.9 Å². The normalized spacial score (nSPS) is 15.3. The first kappa shape index (κ1) is 9.06. The second kappa shape index (κ2) is 3.33. The van der Waals surface area contributed by atoms with Gasteiger partial charge in [-0.25, -0.2) is 0 Å². The first-order valence-corrected chi connectivity index (χ1v) is 4.64. The number of pyridine rings is 1. The Hall–Kier alpha value is -1.51. The van der Waals surface area contributed by atoms with Crippen molar-refractivity contribution >= 4 is 0 Å². The van der Waals surface area contributed by atoms with Crippen LogP contribution in [0.25, 0.3) is 0 Å². The molecule has 0 radical (unpaired) electrons. The molecule has 1 aromatic heterocycles. The molecular formula is C11H13NO2. The molecule has 1 aliphatic rings. The Kier molecular flexibility index (Phi) is 2.15. The second-order valence-corrected chi connectivity index (χ2v) is 3.57. The van der Waals surface area contributed by atoms with Crippen LogP contribution in [0.5, 0.6) is 0 Å². The molecule has 1 aliphatic carbocycles. The van der Waals surface area contributed by atoms with Gasteiger partial charge in [-0.3, -0.25) is 4.79 Å². The summed E-state index contributed by atoms with van der Waals surface area (Å²) in [6.07, 6.45) is 3.13. The average Bonchev–Trinajstić information content (AvgIpc) is 2.19. The number of hydrogen-bond donors (Lipinski definition) is 1. The summed E-state index contributed by atoms with van der Waals surface area (Å²) in [7, 11) is 1.68. The van der Waals surface area contributed by atoms with E-state index in [4.69, 9.17) is 4.74 Å². The maximum Gasteiger partial charge on any atom is 0.251 e. The number of aromatic amines is 1. The van der Waals surface area contributed by atoms with Gasteiger partial charge in [0, 0.05) is 24.6 Å². The van der Waals surface area contributed by atoms with Crippen molar-refractivity contribution in [3.05, 3.63) is 45.1 Å². The number of fused-ring (bicyclic) bond motifs is 1. The molecule has 0 bridgehead atoms. The van der Waals surface area contributed by atoms with Crippen LogP contribution in [0.2, 0.25) is 0 Å². The fraction of sp³-hybridized carbons (Fsp3) is 0.364. The predicted octanol–water partition coefficient (Wildman–Crippen LogP) is 1.39. The summed E-state index contributed by atoms with van der Waals surface area (Å²) in [6, 6.07) is 1.95. The molecule has 74 valence electrons. The van der Waals surface area contributed by atoms with Crippen LogP contribution in [0.4, 0.5) is 0 Å².